The van der Waals surface area contributed by atoms with Crippen molar-refractivity contribution in [3.8, 4) is 0 Å². The quantitative estimate of drug-likeness (QED) is 0.764. The van der Waals surface area contributed by atoms with Gasteiger partial charge in [0.2, 0.25) is 5.91 Å². The molecule has 5 nitrogen and oxygen atoms in total. The first-order valence-electron chi connectivity index (χ1n) is 6.71. The Balaban J connectivity index is 2.10. The normalized spacial score (nSPS) is 11.5. The molecule has 0 aliphatic heterocycles. The van der Waals surface area contributed by atoms with E-state index in [0.29, 0.717) is 12.1 Å². The summed E-state index contributed by atoms with van der Waals surface area (Å²) in [6, 6.07) is 15.2. The number of benzene rings is 2. The van der Waals surface area contributed by atoms with Crippen LogP contribution in [0, 0.1) is 0 Å². The van der Waals surface area contributed by atoms with Crippen LogP contribution in [0.3, 0.4) is 0 Å². The number of anilines is 1. The highest BCUT2D eigenvalue weighted by atomic mass is 79.9. The van der Waals surface area contributed by atoms with E-state index in [1.54, 1.807) is 12.1 Å². The van der Waals surface area contributed by atoms with Crippen LogP contribution >= 0.6 is 15.9 Å². The molecule has 1 atom stereocenters. The lowest BCUT2D eigenvalue weighted by Gasteiger charge is -2.17. The predicted molar refractivity (Wildman–Crippen MR) is 89.4 cm³/mol. The molecule has 0 fully saturated rings. The fourth-order valence-electron chi connectivity index (χ4n) is 2.03. The Labute approximate surface area is 137 Å². The second kappa shape index (κ2) is 7.61. The van der Waals surface area contributed by atoms with Gasteiger partial charge in [-0.1, -0.05) is 52.3 Å². The number of carbonyl (C=O) groups excluding carboxylic acids is 2. The summed E-state index contributed by atoms with van der Waals surface area (Å²) in [6.07, 6.45) is 0.365. The second-order valence-electron chi connectivity index (χ2n) is 4.75. The molecule has 2 aromatic rings. The SMILES string of the molecule is NC(=O)NC(Cc1ccccc1)C(=O)Nc1cccc(Br)c1. The molecular weight excluding hydrogens is 346 g/mol. The van der Waals surface area contributed by atoms with Crippen LogP contribution in [-0.4, -0.2) is 18.0 Å². The fraction of sp³-hybridized carbons (Fsp3) is 0.125. The van der Waals surface area contributed by atoms with Crippen molar-refractivity contribution in [3.05, 3.63) is 64.6 Å². The van der Waals surface area contributed by atoms with E-state index in [4.69, 9.17) is 5.73 Å². The number of hydrogen-bond acceptors (Lipinski definition) is 2. The largest absolute Gasteiger partial charge is 0.352 e. The number of nitrogens with two attached hydrogens (primary N) is 1. The van der Waals surface area contributed by atoms with Crippen molar-refractivity contribution in [2.24, 2.45) is 5.73 Å². The summed E-state index contributed by atoms with van der Waals surface area (Å²) in [5, 5.41) is 5.25. The van der Waals surface area contributed by atoms with E-state index >= 15 is 0 Å². The highest BCUT2D eigenvalue weighted by molar-refractivity contribution is 9.10. The molecule has 22 heavy (non-hydrogen) atoms. The van der Waals surface area contributed by atoms with Crippen LogP contribution in [0.2, 0.25) is 0 Å². The average Bonchev–Trinajstić information content (AvgIpc) is 2.47. The van der Waals surface area contributed by atoms with Gasteiger partial charge in [-0.25, -0.2) is 4.79 Å². The standard InChI is InChI=1S/C16H16BrN3O2/c17-12-7-4-8-13(10-12)19-15(21)14(20-16(18)22)9-11-5-2-1-3-6-11/h1-8,10,14H,9H2,(H,19,21)(H3,18,20,22). The zero-order valence-electron chi connectivity index (χ0n) is 11.8. The third kappa shape index (κ3) is 4.89. The minimum Gasteiger partial charge on any atom is -0.352 e. The summed E-state index contributed by atoms with van der Waals surface area (Å²) in [4.78, 5) is 23.5. The molecule has 0 aliphatic rings. The summed E-state index contributed by atoms with van der Waals surface area (Å²) in [5.74, 6) is -0.319. The molecule has 1 unspecified atom stereocenters. The van der Waals surface area contributed by atoms with E-state index in [-0.39, 0.29) is 5.91 Å². The number of rotatable bonds is 5. The average molecular weight is 362 g/mol. The molecule has 2 rings (SSSR count). The topological polar surface area (TPSA) is 84.2 Å². The van der Waals surface area contributed by atoms with Crippen LogP contribution < -0.4 is 16.4 Å². The van der Waals surface area contributed by atoms with E-state index in [1.807, 2.05) is 42.5 Å². The Kier molecular flexibility index (Phi) is 5.55. The fourth-order valence-corrected chi connectivity index (χ4v) is 2.43. The maximum absolute atomic E-state index is 12.4. The molecule has 6 heteroatoms. The van der Waals surface area contributed by atoms with E-state index in [9.17, 15) is 9.59 Å². The van der Waals surface area contributed by atoms with Crippen LogP contribution in [0.5, 0.6) is 0 Å². The van der Waals surface area contributed by atoms with E-state index in [0.717, 1.165) is 10.0 Å². The molecular formula is C16H16BrN3O2. The number of amides is 3. The van der Waals surface area contributed by atoms with E-state index in [1.165, 1.54) is 0 Å². The Morgan fingerprint density at radius 1 is 1.09 bits per heavy atom. The van der Waals surface area contributed by atoms with Crippen LogP contribution in [0.4, 0.5) is 10.5 Å². The van der Waals surface area contributed by atoms with Gasteiger partial charge in [0.05, 0.1) is 0 Å². The Morgan fingerprint density at radius 3 is 2.45 bits per heavy atom. The highest BCUT2D eigenvalue weighted by Crippen LogP contribution is 2.16. The number of primary amides is 1. The number of urea groups is 1. The van der Waals surface area contributed by atoms with Crippen molar-refractivity contribution in [2.45, 2.75) is 12.5 Å². The van der Waals surface area contributed by atoms with Gasteiger partial charge in [-0.2, -0.15) is 0 Å². The smallest absolute Gasteiger partial charge is 0.312 e. The molecule has 3 amide bonds. The molecule has 0 spiro atoms. The van der Waals surface area contributed by atoms with E-state index in [2.05, 4.69) is 26.6 Å². The summed E-state index contributed by atoms with van der Waals surface area (Å²) in [7, 11) is 0. The van der Waals surface area contributed by atoms with Crippen molar-refractivity contribution in [1.82, 2.24) is 5.32 Å². The minimum absolute atomic E-state index is 0.319. The van der Waals surface area contributed by atoms with Gasteiger partial charge in [-0.3, -0.25) is 4.79 Å². The summed E-state index contributed by atoms with van der Waals surface area (Å²) in [5.41, 5.74) is 6.74. The minimum atomic E-state index is -0.737. The first-order chi connectivity index (χ1) is 10.5. The predicted octanol–water partition coefficient (Wildman–Crippen LogP) is 2.67. The maximum Gasteiger partial charge on any atom is 0.312 e. The molecule has 2 aromatic carbocycles. The van der Waals surface area contributed by atoms with Gasteiger partial charge >= 0.3 is 6.03 Å². The molecule has 0 heterocycles. The summed E-state index contributed by atoms with van der Waals surface area (Å²) in [6.45, 7) is 0. The lowest BCUT2D eigenvalue weighted by Crippen LogP contribution is -2.47. The van der Waals surface area contributed by atoms with Crippen molar-refractivity contribution >= 4 is 33.6 Å². The van der Waals surface area contributed by atoms with Crippen molar-refractivity contribution in [1.29, 1.82) is 0 Å². The Bertz CT molecular complexity index is 661. The van der Waals surface area contributed by atoms with Gasteiger partial charge in [-0.05, 0) is 23.8 Å². The third-order valence-electron chi connectivity index (χ3n) is 3.01. The first-order valence-corrected chi connectivity index (χ1v) is 7.50. The molecule has 0 bridgehead atoms. The zero-order valence-corrected chi connectivity index (χ0v) is 13.3. The van der Waals surface area contributed by atoms with Crippen molar-refractivity contribution in [2.75, 3.05) is 5.32 Å². The second-order valence-corrected chi connectivity index (χ2v) is 5.67. The van der Waals surface area contributed by atoms with Gasteiger partial charge < -0.3 is 16.4 Å². The van der Waals surface area contributed by atoms with Crippen LogP contribution in [0.15, 0.2) is 59.1 Å². The molecule has 4 N–H and O–H groups in total. The maximum atomic E-state index is 12.4. The Morgan fingerprint density at radius 2 is 1.82 bits per heavy atom. The molecule has 0 aromatic heterocycles. The van der Waals surface area contributed by atoms with Crippen molar-refractivity contribution < 1.29 is 9.59 Å². The number of carbonyl (C=O) groups is 2. The number of nitrogens with one attached hydrogen (secondary N) is 2. The molecule has 0 saturated heterocycles. The van der Waals surface area contributed by atoms with Gasteiger partial charge in [0.1, 0.15) is 6.04 Å². The molecule has 114 valence electrons. The Hall–Kier alpha value is -2.34. The van der Waals surface area contributed by atoms with Crippen LogP contribution in [0.25, 0.3) is 0 Å². The lowest BCUT2D eigenvalue weighted by molar-refractivity contribution is -0.117. The monoisotopic (exact) mass is 361 g/mol. The molecule has 0 aliphatic carbocycles. The van der Waals surface area contributed by atoms with Crippen molar-refractivity contribution in [3.63, 3.8) is 0 Å². The molecule has 0 saturated carbocycles. The lowest BCUT2D eigenvalue weighted by atomic mass is 10.1. The van der Waals surface area contributed by atoms with Gasteiger partial charge in [0, 0.05) is 16.6 Å². The number of halogens is 1. The van der Waals surface area contributed by atoms with Gasteiger partial charge in [0.25, 0.3) is 0 Å². The van der Waals surface area contributed by atoms with Gasteiger partial charge in [-0.15, -0.1) is 0 Å². The first kappa shape index (κ1) is 16.0. The van der Waals surface area contributed by atoms with Gasteiger partial charge in [0.15, 0.2) is 0 Å². The summed E-state index contributed by atoms with van der Waals surface area (Å²) >= 11 is 3.34. The molecule has 0 radical (unpaired) electrons. The van der Waals surface area contributed by atoms with Crippen LogP contribution in [-0.2, 0) is 11.2 Å². The summed E-state index contributed by atoms with van der Waals surface area (Å²) < 4.78 is 0.854. The zero-order chi connectivity index (χ0) is 15.9. The van der Waals surface area contributed by atoms with Crippen LogP contribution in [0.1, 0.15) is 5.56 Å². The third-order valence-corrected chi connectivity index (χ3v) is 3.50. The highest BCUT2D eigenvalue weighted by Gasteiger charge is 2.20. The van der Waals surface area contributed by atoms with E-state index < -0.39 is 12.1 Å². The number of hydrogen-bond donors (Lipinski definition) is 3.